The number of hydrogen-bond acceptors (Lipinski definition) is 1. The van der Waals surface area contributed by atoms with Gasteiger partial charge in [0.15, 0.2) is 0 Å². The molecule has 0 radical (unpaired) electrons. The van der Waals surface area contributed by atoms with Crippen LogP contribution in [0.3, 0.4) is 0 Å². The van der Waals surface area contributed by atoms with Crippen molar-refractivity contribution in [2.45, 2.75) is 46.3 Å². The predicted molar refractivity (Wildman–Crippen MR) is 85.5 cm³/mol. The Hall–Kier alpha value is -1.61. The molecule has 0 amide bonds. The molecule has 0 aliphatic heterocycles. The Morgan fingerprint density at radius 3 is 2.48 bits per heavy atom. The molecule has 2 nitrogen and oxygen atoms in total. The van der Waals surface area contributed by atoms with Crippen LogP contribution in [-0.4, -0.2) is 4.57 Å². The van der Waals surface area contributed by atoms with Gasteiger partial charge in [-0.15, -0.1) is 0 Å². The van der Waals surface area contributed by atoms with Crippen molar-refractivity contribution in [2.24, 2.45) is 5.92 Å². The molecule has 0 bridgehead atoms. The molecule has 0 saturated heterocycles. The first-order valence-corrected chi connectivity index (χ1v) is 7.74. The number of benzene rings is 1. The summed E-state index contributed by atoms with van der Waals surface area (Å²) in [7, 11) is 0. The summed E-state index contributed by atoms with van der Waals surface area (Å²) in [5.74, 6) is 0.267. The third-order valence-electron chi connectivity index (χ3n) is 3.79. The lowest BCUT2D eigenvalue weighted by atomic mass is 9.96. The van der Waals surface area contributed by atoms with Gasteiger partial charge in [0.2, 0.25) is 0 Å². The Bertz CT molecular complexity index is 543. The molecule has 114 valence electrons. The van der Waals surface area contributed by atoms with Gasteiger partial charge in [-0.25, -0.2) is 4.39 Å². The average Bonchev–Trinajstić information content (AvgIpc) is 2.89. The fourth-order valence-electron chi connectivity index (χ4n) is 2.69. The highest BCUT2D eigenvalue weighted by molar-refractivity contribution is 5.20. The monoisotopic (exact) mass is 288 g/mol. The van der Waals surface area contributed by atoms with E-state index >= 15 is 0 Å². The van der Waals surface area contributed by atoms with Crippen molar-refractivity contribution >= 4 is 0 Å². The number of aromatic nitrogens is 1. The van der Waals surface area contributed by atoms with E-state index in [-0.39, 0.29) is 11.9 Å². The molecule has 1 atom stereocenters. The van der Waals surface area contributed by atoms with Crippen molar-refractivity contribution < 1.29 is 4.39 Å². The Morgan fingerprint density at radius 2 is 1.86 bits per heavy atom. The topological polar surface area (TPSA) is 17.0 Å². The van der Waals surface area contributed by atoms with Crippen LogP contribution in [0.5, 0.6) is 0 Å². The summed E-state index contributed by atoms with van der Waals surface area (Å²) in [5, 5.41) is 3.61. The lowest BCUT2D eigenvalue weighted by Crippen LogP contribution is -2.26. The van der Waals surface area contributed by atoms with E-state index in [1.165, 1.54) is 17.8 Å². The Morgan fingerprint density at radius 1 is 1.14 bits per heavy atom. The van der Waals surface area contributed by atoms with Crippen molar-refractivity contribution in [3.8, 4) is 0 Å². The number of aryl methyl sites for hydroxylation is 1. The van der Waals surface area contributed by atoms with Gasteiger partial charge in [-0.05, 0) is 42.2 Å². The van der Waals surface area contributed by atoms with Crippen molar-refractivity contribution in [3.05, 3.63) is 59.7 Å². The number of nitrogens with one attached hydrogen (secondary N) is 1. The smallest absolute Gasteiger partial charge is 0.123 e. The zero-order valence-electron chi connectivity index (χ0n) is 13.1. The number of nitrogens with zero attached hydrogens (tertiary/aromatic N) is 1. The molecule has 0 saturated carbocycles. The van der Waals surface area contributed by atoms with Gasteiger partial charge in [0.1, 0.15) is 5.82 Å². The van der Waals surface area contributed by atoms with Crippen LogP contribution in [0.25, 0.3) is 0 Å². The van der Waals surface area contributed by atoms with Gasteiger partial charge in [-0.1, -0.05) is 32.9 Å². The van der Waals surface area contributed by atoms with E-state index in [0.717, 1.165) is 25.1 Å². The van der Waals surface area contributed by atoms with E-state index in [1.807, 2.05) is 12.1 Å². The number of rotatable bonds is 7. The lowest BCUT2D eigenvalue weighted by molar-refractivity contribution is 0.403. The minimum atomic E-state index is -0.182. The summed E-state index contributed by atoms with van der Waals surface area (Å²) in [5.41, 5.74) is 2.43. The minimum Gasteiger partial charge on any atom is -0.350 e. The first kappa shape index (κ1) is 15.8. The molecule has 1 N–H and O–H groups in total. The van der Waals surface area contributed by atoms with E-state index < -0.39 is 0 Å². The average molecular weight is 288 g/mol. The normalized spacial score (nSPS) is 12.8. The van der Waals surface area contributed by atoms with Gasteiger partial charge >= 0.3 is 0 Å². The molecule has 0 fully saturated rings. The fourth-order valence-corrected chi connectivity index (χ4v) is 2.69. The standard InChI is InChI=1S/C18H25FN2/c1-4-11-21-12-5-6-17(21)13-20-18(14(2)3)15-7-9-16(19)10-8-15/h5-10,12,14,18,20H,4,11,13H2,1-3H3. The third kappa shape index (κ3) is 4.18. The Labute approximate surface area is 127 Å². The first-order valence-electron chi connectivity index (χ1n) is 7.74. The highest BCUT2D eigenvalue weighted by Crippen LogP contribution is 2.22. The minimum absolute atomic E-state index is 0.182. The fraction of sp³-hybridized carbons (Fsp3) is 0.444. The largest absolute Gasteiger partial charge is 0.350 e. The van der Waals surface area contributed by atoms with E-state index in [4.69, 9.17) is 0 Å². The lowest BCUT2D eigenvalue weighted by Gasteiger charge is -2.23. The van der Waals surface area contributed by atoms with E-state index in [0.29, 0.717) is 5.92 Å². The van der Waals surface area contributed by atoms with Gasteiger partial charge in [-0.3, -0.25) is 0 Å². The summed E-state index contributed by atoms with van der Waals surface area (Å²) in [6, 6.07) is 11.3. The Kier molecular flexibility index (Phi) is 5.57. The zero-order valence-corrected chi connectivity index (χ0v) is 13.1. The molecule has 21 heavy (non-hydrogen) atoms. The molecule has 0 aliphatic carbocycles. The molecular weight excluding hydrogens is 263 g/mol. The molecule has 2 rings (SSSR count). The van der Waals surface area contributed by atoms with E-state index in [1.54, 1.807) is 0 Å². The summed E-state index contributed by atoms with van der Waals surface area (Å²) < 4.78 is 15.4. The maximum atomic E-state index is 13.1. The molecule has 1 heterocycles. The predicted octanol–water partition coefficient (Wildman–Crippen LogP) is 4.52. The van der Waals surface area contributed by atoms with Gasteiger partial charge in [-0.2, -0.15) is 0 Å². The molecule has 1 unspecified atom stereocenters. The van der Waals surface area contributed by atoms with Crippen molar-refractivity contribution in [2.75, 3.05) is 0 Å². The third-order valence-corrected chi connectivity index (χ3v) is 3.79. The van der Waals surface area contributed by atoms with Crippen LogP contribution in [0.2, 0.25) is 0 Å². The molecular formula is C18H25FN2. The summed E-state index contributed by atoms with van der Waals surface area (Å²) in [6.07, 6.45) is 3.26. The highest BCUT2D eigenvalue weighted by atomic mass is 19.1. The molecule has 0 aliphatic rings. The SMILES string of the molecule is CCCn1cccc1CNC(c1ccc(F)cc1)C(C)C. The molecule has 0 spiro atoms. The van der Waals surface area contributed by atoms with E-state index in [2.05, 4.69) is 49.0 Å². The summed E-state index contributed by atoms with van der Waals surface area (Å²) in [6.45, 7) is 8.44. The zero-order chi connectivity index (χ0) is 15.2. The molecule has 1 aromatic carbocycles. The van der Waals surface area contributed by atoms with Crippen LogP contribution in [0.15, 0.2) is 42.6 Å². The van der Waals surface area contributed by atoms with Gasteiger partial charge in [0.05, 0.1) is 0 Å². The van der Waals surface area contributed by atoms with Crippen LogP contribution in [0.4, 0.5) is 4.39 Å². The molecule has 3 heteroatoms. The first-order chi connectivity index (χ1) is 10.1. The highest BCUT2D eigenvalue weighted by Gasteiger charge is 2.15. The van der Waals surface area contributed by atoms with Crippen molar-refractivity contribution in [1.82, 2.24) is 9.88 Å². The summed E-state index contributed by atoms with van der Waals surface area (Å²) >= 11 is 0. The Balaban J connectivity index is 2.06. The quantitative estimate of drug-likeness (QED) is 0.792. The molecule has 2 aromatic rings. The van der Waals surface area contributed by atoms with Gasteiger partial charge in [0, 0.05) is 31.0 Å². The maximum Gasteiger partial charge on any atom is 0.123 e. The van der Waals surface area contributed by atoms with E-state index in [9.17, 15) is 4.39 Å². The number of hydrogen-bond donors (Lipinski definition) is 1. The second-order valence-electron chi connectivity index (χ2n) is 5.85. The van der Waals surface area contributed by atoms with Crippen molar-refractivity contribution in [3.63, 3.8) is 0 Å². The van der Waals surface area contributed by atoms with Crippen LogP contribution in [0.1, 0.15) is 44.5 Å². The van der Waals surface area contributed by atoms with Crippen LogP contribution < -0.4 is 5.32 Å². The maximum absolute atomic E-state index is 13.1. The van der Waals surface area contributed by atoms with Crippen LogP contribution in [-0.2, 0) is 13.1 Å². The second-order valence-corrected chi connectivity index (χ2v) is 5.85. The molecule has 1 aromatic heterocycles. The van der Waals surface area contributed by atoms with Gasteiger partial charge < -0.3 is 9.88 Å². The van der Waals surface area contributed by atoms with Crippen LogP contribution >= 0.6 is 0 Å². The van der Waals surface area contributed by atoms with Crippen LogP contribution in [0, 0.1) is 11.7 Å². The second kappa shape index (κ2) is 7.41. The number of halogens is 1. The summed E-state index contributed by atoms with van der Waals surface area (Å²) in [4.78, 5) is 0. The van der Waals surface area contributed by atoms with Gasteiger partial charge in [0.25, 0.3) is 0 Å². The van der Waals surface area contributed by atoms with Crippen molar-refractivity contribution in [1.29, 1.82) is 0 Å².